The molecular formula is C15H29NO3Si. The van der Waals surface area contributed by atoms with E-state index in [-0.39, 0.29) is 23.3 Å². The SMILES string of the molecule is C=CC[C@H]1[C@H](O[Si](C)(C)C(C)(C)C)CCN1C(=O)OC. The van der Waals surface area contributed by atoms with Gasteiger partial charge in [-0.3, -0.25) is 0 Å². The lowest BCUT2D eigenvalue weighted by atomic mass is 10.1. The number of likely N-dealkylation sites (tertiary alicyclic amines) is 1. The molecule has 20 heavy (non-hydrogen) atoms. The number of amides is 1. The van der Waals surface area contributed by atoms with Crippen LogP contribution in [0.2, 0.25) is 18.1 Å². The lowest BCUT2D eigenvalue weighted by Gasteiger charge is -2.40. The van der Waals surface area contributed by atoms with Crippen LogP contribution in [0.4, 0.5) is 4.79 Å². The van der Waals surface area contributed by atoms with Gasteiger partial charge in [-0.2, -0.15) is 0 Å². The monoisotopic (exact) mass is 299 g/mol. The van der Waals surface area contributed by atoms with Gasteiger partial charge in [0.1, 0.15) is 0 Å². The molecule has 2 atom stereocenters. The van der Waals surface area contributed by atoms with Crippen LogP contribution in [0.3, 0.4) is 0 Å². The molecule has 5 heteroatoms. The van der Waals surface area contributed by atoms with Crippen molar-refractivity contribution >= 4 is 14.4 Å². The predicted molar refractivity (Wildman–Crippen MR) is 84.4 cm³/mol. The Balaban J connectivity index is 2.85. The Morgan fingerprint density at radius 1 is 1.45 bits per heavy atom. The maximum absolute atomic E-state index is 11.8. The third-order valence-electron chi connectivity index (χ3n) is 4.55. The maximum atomic E-state index is 11.8. The van der Waals surface area contributed by atoms with E-state index in [2.05, 4.69) is 40.4 Å². The van der Waals surface area contributed by atoms with Gasteiger partial charge in [0.15, 0.2) is 8.32 Å². The van der Waals surface area contributed by atoms with Crippen molar-refractivity contribution in [2.24, 2.45) is 0 Å². The fourth-order valence-corrected chi connectivity index (χ4v) is 3.70. The van der Waals surface area contributed by atoms with Crippen LogP contribution in [-0.4, -0.2) is 45.1 Å². The highest BCUT2D eigenvalue weighted by Crippen LogP contribution is 2.39. The fraction of sp³-hybridized carbons (Fsp3) is 0.800. The lowest BCUT2D eigenvalue weighted by Crippen LogP contribution is -2.48. The third kappa shape index (κ3) is 3.64. The van der Waals surface area contributed by atoms with Gasteiger partial charge in [0, 0.05) is 6.54 Å². The third-order valence-corrected chi connectivity index (χ3v) is 9.06. The van der Waals surface area contributed by atoms with Crippen LogP contribution < -0.4 is 0 Å². The van der Waals surface area contributed by atoms with Crippen molar-refractivity contribution in [1.82, 2.24) is 4.90 Å². The van der Waals surface area contributed by atoms with Gasteiger partial charge in [-0.25, -0.2) is 4.79 Å². The minimum atomic E-state index is -1.83. The van der Waals surface area contributed by atoms with Gasteiger partial charge in [-0.15, -0.1) is 6.58 Å². The molecule has 0 saturated carbocycles. The molecule has 0 spiro atoms. The molecule has 0 bridgehead atoms. The highest BCUT2D eigenvalue weighted by atomic mass is 28.4. The van der Waals surface area contributed by atoms with Gasteiger partial charge in [-0.1, -0.05) is 26.8 Å². The van der Waals surface area contributed by atoms with E-state index in [1.807, 2.05) is 6.08 Å². The van der Waals surface area contributed by atoms with E-state index < -0.39 is 8.32 Å². The fourth-order valence-electron chi connectivity index (χ4n) is 2.31. The van der Waals surface area contributed by atoms with E-state index in [4.69, 9.17) is 9.16 Å². The molecule has 1 amide bonds. The normalized spacial score (nSPS) is 23.8. The van der Waals surface area contributed by atoms with E-state index in [0.29, 0.717) is 6.54 Å². The molecule has 0 unspecified atom stereocenters. The smallest absolute Gasteiger partial charge is 0.409 e. The van der Waals surface area contributed by atoms with Gasteiger partial charge in [0.2, 0.25) is 0 Å². The van der Waals surface area contributed by atoms with Crippen molar-refractivity contribution < 1.29 is 14.0 Å². The zero-order valence-corrected chi connectivity index (χ0v) is 14.7. The summed E-state index contributed by atoms with van der Waals surface area (Å²) in [6, 6.07) is 0.0501. The zero-order chi connectivity index (χ0) is 15.6. The molecule has 0 aromatic rings. The second kappa shape index (κ2) is 6.31. The molecule has 0 aromatic heterocycles. The molecule has 0 aromatic carbocycles. The molecule has 0 aliphatic carbocycles. The summed E-state index contributed by atoms with van der Waals surface area (Å²) in [5.74, 6) is 0. The molecule has 1 saturated heterocycles. The van der Waals surface area contributed by atoms with Crippen LogP contribution in [0.25, 0.3) is 0 Å². The number of nitrogens with zero attached hydrogens (tertiary/aromatic N) is 1. The average Bonchev–Trinajstić information content (AvgIpc) is 2.70. The first kappa shape index (κ1) is 17.2. The molecule has 4 nitrogen and oxygen atoms in total. The summed E-state index contributed by atoms with van der Waals surface area (Å²) in [7, 11) is -0.402. The summed E-state index contributed by atoms with van der Waals surface area (Å²) in [5.41, 5.74) is 0. The van der Waals surface area contributed by atoms with E-state index >= 15 is 0 Å². The summed E-state index contributed by atoms with van der Waals surface area (Å²) >= 11 is 0. The minimum absolute atomic E-state index is 0.0501. The number of carbonyl (C=O) groups excluding carboxylic acids is 1. The number of rotatable bonds is 4. The lowest BCUT2D eigenvalue weighted by molar-refractivity contribution is 0.0932. The Bertz CT molecular complexity index is 363. The molecular weight excluding hydrogens is 270 g/mol. The topological polar surface area (TPSA) is 38.8 Å². The van der Waals surface area contributed by atoms with Crippen LogP contribution in [0.15, 0.2) is 12.7 Å². The number of hydrogen-bond donors (Lipinski definition) is 0. The first-order valence-corrected chi connectivity index (χ1v) is 10.2. The van der Waals surface area contributed by atoms with Crippen LogP contribution in [0.5, 0.6) is 0 Å². The Kier molecular flexibility index (Phi) is 5.44. The molecule has 1 heterocycles. The largest absolute Gasteiger partial charge is 0.453 e. The van der Waals surface area contributed by atoms with Crippen LogP contribution >= 0.6 is 0 Å². The zero-order valence-electron chi connectivity index (χ0n) is 13.7. The van der Waals surface area contributed by atoms with Crippen molar-refractivity contribution in [2.75, 3.05) is 13.7 Å². The number of hydrogen-bond acceptors (Lipinski definition) is 3. The van der Waals surface area contributed by atoms with Crippen molar-refractivity contribution in [3.05, 3.63) is 12.7 Å². The van der Waals surface area contributed by atoms with Crippen LogP contribution in [0.1, 0.15) is 33.6 Å². The Hall–Kier alpha value is -0.813. The van der Waals surface area contributed by atoms with Crippen molar-refractivity contribution in [1.29, 1.82) is 0 Å². The van der Waals surface area contributed by atoms with E-state index in [1.54, 1.807) is 4.90 Å². The second-order valence-corrected chi connectivity index (χ2v) is 11.7. The maximum Gasteiger partial charge on any atom is 0.409 e. The Morgan fingerprint density at radius 3 is 2.50 bits per heavy atom. The van der Waals surface area contributed by atoms with Gasteiger partial charge in [0.05, 0.1) is 19.3 Å². The Labute approximate surface area is 124 Å². The van der Waals surface area contributed by atoms with Crippen LogP contribution in [-0.2, 0) is 9.16 Å². The van der Waals surface area contributed by atoms with Crippen molar-refractivity contribution in [2.45, 2.75) is 63.9 Å². The molecule has 1 rings (SSSR count). The summed E-state index contributed by atoms with van der Waals surface area (Å²) < 4.78 is 11.4. The second-order valence-electron chi connectivity index (χ2n) is 6.96. The predicted octanol–water partition coefficient (Wildman–Crippen LogP) is 3.79. The highest BCUT2D eigenvalue weighted by molar-refractivity contribution is 6.74. The summed E-state index contributed by atoms with van der Waals surface area (Å²) in [5, 5.41) is 0.171. The summed E-state index contributed by atoms with van der Waals surface area (Å²) in [4.78, 5) is 13.6. The van der Waals surface area contributed by atoms with Crippen LogP contribution in [0, 0.1) is 0 Å². The molecule has 0 radical (unpaired) electrons. The van der Waals surface area contributed by atoms with Crippen molar-refractivity contribution in [3.8, 4) is 0 Å². The first-order valence-electron chi connectivity index (χ1n) is 7.27. The molecule has 0 N–H and O–H groups in total. The van der Waals surface area contributed by atoms with Gasteiger partial charge >= 0.3 is 6.09 Å². The molecule has 1 aliphatic rings. The number of ether oxygens (including phenoxy) is 1. The standard InChI is InChI=1S/C15H29NO3Si/c1-8-9-12-13(10-11-16(12)14(17)18-5)19-20(6,7)15(2,3)4/h8,12-13H,1,9-11H2,2-7H3/t12-,13+/m0/s1. The van der Waals surface area contributed by atoms with Gasteiger partial charge in [0.25, 0.3) is 0 Å². The van der Waals surface area contributed by atoms with E-state index in [9.17, 15) is 4.79 Å². The number of methoxy groups -OCH3 is 1. The van der Waals surface area contributed by atoms with E-state index in [1.165, 1.54) is 7.11 Å². The van der Waals surface area contributed by atoms with Gasteiger partial charge in [-0.05, 0) is 31.0 Å². The van der Waals surface area contributed by atoms with E-state index in [0.717, 1.165) is 12.8 Å². The minimum Gasteiger partial charge on any atom is -0.453 e. The highest BCUT2D eigenvalue weighted by Gasteiger charge is 2.44. The summed E-state index contributed by atoms with van der Waals surface area (Å²) in [6.07, 6.45) is 3.30. The molecule has 1 fully saturated rings. The quantitative estimate of drug-likeness (QED) is 0.585. The van der Waals surface area contributed by atoms with Crippen molar-refractivity contribution in [3.63, 3.8) is 0 Å². The Morgan fingerprint density at radius 2 is 2.05 bits per heavy atom. The molecule has 116 valence electrons. The average molecular weight is 299 g/mol. The number of carbonyl (C=O) groups is 1. The van der Waals surface area contributed by atoms with Gasteiger partial charge < -0.3 is 14.1 Å². The summed E-state index contributed by atoms with van der Waals surface area (Å²) in [6.45, 7) is 15.7. The first-order chi connectivity index (χ1) is 9.14. The molecule has 1 aliphatic heterocycles.